The summed E-state index contributed by atoms with van der Waals surface area (Å²) in [4.78, 5) is 85.0. The van der Waals surface area contributed by atoms with E-state index in [1.165, 1.54) is 13.1 Å². The molecule has 0 saturated carbocycles. The van der Waals surface area contributed by atoms with Gasteiger partial charge in [-0.05, 0) is 62.0 Å². The van der Waals surface area contributed by atoms with Crippen molar-refractivity contribution in [3.8, 4) is 0 Å². The van der Waals surface area contributed by atoms with Gasteiger partial charge in [0.25, 0.3) is 0 Å². The van der Waals surface area contributed by atoms with E-state index < -0.39 is 59.4 Å². The van der Waals surface area contributed by atoms with E-state index in [9.17, 15) is 28.8 Å². The molecule has 17 nitrogen and oxygen atoms in total. The number of nitrogens with zero attached hydrogens (tertiary/aromatic N) is 3. The van der Waals surface area contributed by atoms with Crippen LogP contribution in [0.2, 0.25) is 0 Å². The predicted octanol–water partition coefficient (Wildman–Crippen LogP) is 3.43. The third-order valence-electron chi connectivity index (χ3n) is 10.6. The Morgan fingerprint density at radius 1 is 0.774 bits per heavy atom. The summed E-state index contributed by atoms with van der Waals surface area (Å²) in [5, 5.41) is 21.5. The molecule has 62 heavy (non-hydrogen) atoms. The molecule has 338 valence electrons. The molecule has 3 aromatic rings. The Balaban J connectivity index is 1.53. The second-order valence-corrected chi connectivity index (χ2v) is 16.7. The van der Waals surface area contributed by atoms with Crippen LogP contribution in [-0.4, -0.2) is 118 Å². The molecule has 17 heteroatoms. The van der Waals surface area contributed by atoms with Gasteiger partial charge in [-0.15, -0.1) is 0 Å². The van der Waals surface area contributed by atoms with Crippen molar-refractivity contribution in [3.05, 3.63) is 83.7 Å². The molecule has 0 aliphatic carbocycles. The van der Waals surface area contributed by atoms with Crippen LogP contribution >= 0.6 is 0 Å². The molecule has 4 rings (SSSR count). The maximum absolute atomic E-state index is 14.4. The Kier molecular flexibility index (Phi) is 19.5. The zero-order valence-electron chi connectivity index (χ0n) is 36.8. The highest BCUT2D eigenvalue weighted by atomic mass is 16.7. The minimum absolute atomic E-state index is 0.0477. The summed E-state index contributed by atoms with van der Waals surface area (Å²) in [7, 11) is 0. The summed E-state index contributed by atoms with van der Waals surface area (Å²) in [6.07, 6.45) is 1.66. The van der Waals surface area contributed by atoms with Crippen LogP contribution < -0.4 is 21.3 Å². The molecule has 5 N–H and O–H groups in total. The minimum Gasteiger partial charge on any atom is -0.428 e. The van der Waals surface area contributed by atoms with Crippen molar-refractivity contribution >= 4 is 35.6 Å². The third-order valence-corrected chi connectivity index (χ3v) is 10.6. The Morgan fingerprint density at radius 3 is 1.94 bits per heavy atom. The molecule has 1 saturated heterocycles. The van der Waals surface area contributed by atoms with Gasteiger partial charge in [-0.3, -0.25) is 28.9 Å². The van der Waals surface area contributed by atoms with Crippen LogP contribution in [0.15, 0.2) is 66.9 Å². The standard InChI is InChI=1S/C45H64N8O9/c1-7-45(6,62-44(59)61-29-34-27-46-52-51-34)40(55)36(24-30(2)3)48-43(58)38(26-33-16-12-9-13-17-33)50-42(57)37(25-31(4)5)49-41(56)35(19-18-32-14-10-8-11-15-32)47-39(54)28-53-20-22-60-23-21-53/h8-17,27,30-31,35-38H,7,18-26,28-29H2,1-6H3,(H,47,54)(H,48,58)(H,49,56)(H,50,57)(H,46,51,52)/t35-,36-,37-,38-,45?/m0/s1. The number of carbonyl (C=O) groups is 6. The van der Waals surface area contributed by atoms with Gasteiger partial charge in [0.2, 0.25) is 23.6 Å². The van der Waals surface area contributed by atoms with Crippen molar-refractivity contribution in [3.63, 3.8) is 0 Å². The highest BCUT2D eigenvalue weighted by molar-refractivity contribution is 5.98. The number of amides is 4. The van der Waals surface area contributed by atoms with Crippen molar-refractivity contribution < 1.29 is 43.0 Å². The van der Waals surface area contributed by atoms with Crippen molar-refractivity contribution in [2.24, 2.45) is 11.8 Å². The van der Waals surface area contributed by atoms with Crippen molar-refractivity contribution in [1.29, 1.82) is 0 Å². The van der Waals surface area contributed by atoms with Gasteiger partial charge in [-0.1, -0.05) is 95.3 Å². The van der Waals surface area contributed by atoms with Gasteiger partial charge in [0.1, 0.15) is 30.4 Å². The molecule has 5 atom stereocenters. The first-order chi connectivity index (χ1) is 29.6. The van der Waals surface area contributed by atoms with Gasteiger partial charge in [-0.25, -0.2) is 4.79 Å². The maximum atomic E-state index is 14.4. The van der Waals surface area contributed by atoms with Crippen molar-refractivity contribution in [1.82, 2.24) is 41.6 Å². The van der Waals surface area contributed by atoms with Gasteiger partial charge in [-0.2, -0.15) is 15.4 Å². The molecule has 1 aliphatic heterocycles. The molecule has 4 amide bonds. The van der Waals surface area contributed by atoms with Crippen molar-refractivity contribution in [2.75, 3.05) is 32.8 Å². The van der Waals surface area contributed by atoms with Crippen LogP contribution in [0.5, 0.6) is 0 Å². The first-order valence-electron chi connectivity index (χ1n) is 21.5. The number of aromatic amines is 1. The fourth-order valence-electron chi connectivity index (χ4n) is 7.02. The average Bonchev–Trinajstić information content (AvgIpc) is 3.78. The van der Waals surface area contributed by atoms with Crippen LogP contribution in [0, 0.1) is 11.8 Å². The summed E-state index contributed by atoms with van der Waals surface area (Å²) >= 11 is 0. The number of ether oxygens (including phenoxy) is 3. The van der Waals surface area contributed by atoms with E-state index >= 15 is 0 Å². The van der Waals surface area contributed by atoms with Gasteiger partial charge >= 0.3 is 6.16 Å². The van der Waals surface area contributed by atoms with Crippen LogP contribution in [0.1, 0.15) is 84.0 Å². The van der Waals surface area contributed by atoms with Crippen molar-refractivity contribution in [2.45, 2.75) is 116 Å². The highest BCUT2D eigenvalue weighted by Gasteiger charge is 2.42. The fourth-order valence-corrected chi connectivity index (χ4v) is 7.02. The lowest BCUT2D eigenvalue weighted by molar-refractivity contribution is -0.144. The fraction of sp³-hybridized carbons (Fsp3) is 0.556. The lowest BCUT2D eigenvalue weighted by Crippen LogP contribution is -2.60. The molecule has 1 aliphatic rings. The summed E-state index contributed by atoms with van der Waals surface area (Å²) in [6, 6.07) is 14.4. The molecule has 2 heterocycles. The zero-order valence-corrected chi connectivity index (χ0v) is 36.8. The maximum Gasteiger partial charge on any atom is 0.509 e. The van der Waals surface area contributed by atoms with Gasteiger partial charge in [0.05, 0.1) is 32.0 Å². The topological polar surface area (TPSA) is 223 Å². The van der Waals surface area contributed by atoms with E-state index in [0.717, 1.165) is 11.1 Å². The molecule has 1 aromatic heterocycles. The van der Waals surface area contributed by atoms with E-state index in [0.29, 0.717) is 38.4 Å². The van der Waals surface area contributed by atoms with Gasteiger partial charge in [0.15, 0.2) is 11.4 Å². The monoisotopic (exact) mass is 860 g/mol. The van der Waals surface area contributed by atoms with E-state index in [-0.39, 0.29) is 63.0 Å². The number of rotatable bonds is 24. The number of ketones is 1. The molecule has 2 aromatic carbocycles. The average molecular weight is 861 g/mol. The minimum atomic E-state index is -1.67. The number of morpholine rings is 1. The lowest BCUT2D eigenvalue weighted by atomic mass is 9.87. The molecule has 1 unspecified atom stereocenters. The van der Waals surface area contributed by atoms with Crippen LogP contribution in [0.4, 0.5) is 4.79 Å². The number of Topliss-reactive ketones (excluding diaryl/α,β-unsaturated/α-hetero) is 1. The first-order valence-corrected chi connectivity index (χ1v) is 21.5. The van der Waals surface area contributed by atoms with E-state index in [4.69, 9.17) is 14.2 Å². The number of nitrogens with one attached hydrogen (secondary N) is 5. The Bertz CT molecular complexity index is 1870. The Labute approximate surface area is 364 Å². The van der Waals surface area contributed by atoms with E-state index in [2.05, 4.69) is 36.7 Å². The second kappa shape index (κ2) is 24.7. The number of aromatic nitrogens is 3. The molecule has 0 radical (unpaired) electrons. The largest absolute Gasteiger partial charge is 0.509 e. The number of hydrogen-bond acceptors (Lipinski definition) is 12. The Morgan fingerprint density at radius 2 is 1.34 bits per heavy atom. The molecule has 0 spiro atoms. The van der Waals surface area contributed by atoms with Gasteiger partial charge < -0.3 is 35.5 Å². The van der Waals surface area contributed by atoms with Gasteiger partial charge in [0, 0.05) is 19.5 Å². The number of benzene rings is 2. The second-order valence-electron chi connectivity index (χ2n) is 16.7. The van der Waals surface area contributed by atoms with Crippen LogP contribution in [-0.2, 0) is 57.6 Å². The number of H-pyrrole nitrogens is 1. The summed E-state index contributed by atoms with van der Waals surface area (Å²) in [5.41, 5.74) is 0.409. The van der Waals surface area contributed by atoms with Crippen LogP contribution in [0.25, 0.3) is 0 Å². The predicted molar refractivity (Wildman–Crippen MR) is 230 cm³/mol. The number of hydrogen-bond donors (Lipinski definition) is 5. The molecular formula is C45H64N8O9. The van der Waals surface area contributed by atoms with E-state index in [1.54, 1.807) is 6.92 Å². The molecule has 1 fully saturated rings. The lowest BCUT2D eigenvalue weighted by Gasteiger charge is -2.32. The van der Waals surface area contributed by atoms with E-state index in [1.807, 2.05) is 93.3 Å². The summed E-state index contributed by atoms with van der Waals surface area (Å²) in [5.74, 6) is -2.75. The molecule has 0 bridgehead atoms. The number of aryl methyl sites for hydroxylation is 1. The summed E-state index contributed by atoms with van der Waals surface area (Å²) in [6.45, 7) is 12.9. The molecular weight excluding hydrogens is 797 g/mol. The summed E-state index contributed by atoms with van der Waals surface area (Å²) < 4.78 is 16.2. The normalized spacial score (nSPS) is 15.9. The Hall–Kier alpha value is -5.68. The first kappa shape index (κ1) is 49.0. The third kappa shape index (κ3) is 16.3. The quantitative estimate of drug-likeness (QED) is 0.0818. The number of carbonyl (C=O) groups excluding carboxylic acids is 6. The smallest absolute Gasteiger partial charge is 0.428 e. The highest BCUT2D eigenvalue weighted by Crippen LogP contribution is 2.23. The SMILES string of the molecule is CCC(C)(OC(=O)OCc1cn[nH]n1)C(=O)[C@H](CC(C)C)NC(=O)[C@H](Cc1ccccc1)NC(=O)[C@H](CC(C)C)NC(=O)[C@H](CCc1ccccc1)NC(=O)CN1CCOCC1. The van der Waals surface area contributed by atoms with Crippen LogP contribution in [0.3, 0.4) is 0 Å². The zero-order chi connectivity index (χ0) is 45.1.